The first-order chi connectivity index (χ1) is 7.27. The van der Waals surface area contributed by atoms with Crippen LogP contribution in [0.3, 0.4) is 0 Å². The lowest BCUT2D eigenvalue weighted by Crippen LogP contribution is -1.98. The van der Waals surface area contributed by atoms with Crippen molar-refractivity contribution in [3.05, 3.63) is 34.4 Å². The van der Waals surface area contributed by atoms with Gasteiger partial charge in [-0.2, -0.15) is 0 Å². The Morgan fingerprint density at radius 1 is 1.40 bits per heavy atom. The highest BCUT2D eigenvalue weighted by Gasteiger charge is 2.08. The van der Waals surface area contributed by atoms with Gasteiger partial charge in [0.15, 0.2) is 0 Å². The molecule has 4 heteroatoms. The van der Waals surface area contributed by atoms with E-state index in [0.29, 0.717) is 6.54 Å². The van der Waals surface area contributed by atoms with Crippen LogP contribution in [-0.4, -0.2) is 12.1 Å². The second-order valence-corrected chi connectivity index (χ2v) is 3.95. The van der Waals surface area contributed by atoms with Crippen molar-refractivity contribution in [3.63, 3.8) is 0 Å². The SMILES string of the molecule is COc1ccc2c(CN)ccnc2c1Br. The number of fused-ring (bicyclic) bond motifs is 1. The zero-order chi connectivity index (χ0) is 10.8. The van der Waals surface area contributed by atoms with Crippen molar-refractivity contribution in [1.29, 1.82) is 0 Å². The summed E-state index contributed by atoms with van der Waals surface area (Å²) in [4.78, 5) is 4.32. The van der Waals surface area contributed by atoms with E-state index in [9.17, 15) is 0 Å². The van der Waals surface area contributed by atoms with Crippen LogP contribution in [-0.2, 0) is 6.54 Å². The third kappa shape index (κ3) is 1.70. The number of nitrogens with two attached hydrogens (primary N) is 1. The Hall–Kier alpha value is -1.13. The summed E-state index contributed by atoms with van der Waals surface area (Å²) in [7, 11) is 1.64. The van der Waals surface area contributed by atoms with Crippen molar-refractivity contribution >= 4 is 26.8 Å². The first-order valence-electron chi connectivity index (χ1n) is 4.58. The predicted octanol–water partition coefficient (Wildman–Crippen LogP) is 2.46. The molecule has 0 amide bonds. The summed E-state index contributed by atoms with van der Waals surface area (Å²) >= 11 is 3.48. The van der Waals surface area contributed by atoms with Gasteiger partial charge < -0.3 is 10.5 Å². The molecule has 15 heavy (non-hydrogen) atoms. The Morgan fingerprint density at radius 3 is 2.87 bits per heavy atom. The second-order valence-electron chi connectivity index (χ2n) is 3.15. The fraction of sp³-hybridized carbons (Fsp3) is 0.182. The molecule has 1 aromatic carbocycles. The first-order valence-corrected chi connectivity index (χ1v) is 5.37. The molecular formula is C11H11BrN2O. The fourth-order valence-electron chi connectivity index (χ4n) is 1.56. The number of hydrogen-bond donors (Lipinski definition) is 1. The zero-order valence-electron chi connectivity index (χ0n) is 8.33. The minimum absolute atomic E-state index is 0.512. The van der Waals surface area contributed by atoms with E-state index in [1.54, 1.807) is 13.3 Å². The molecule has 0 saturated heterocycles. The summed E-state index contributed by atoms with van der Waals surface area (Å²) in [6.45, 7) is 0.512. The maximum absolute atomic E-state index is 5.66. The van der Waals surface area contributed by atoms with Crippen LogP contribution in [0.5, 0.6) is 5.75 Å². The quantitative estimate of drug-likeness (QED) is 0.909. The number of methoxy groups -OCH3 is 1. The molecule has 0 aliphatic rings. The van der Waals surface area contributed by atoms with E-state index in [1.807, 2.05) is 18.2 Å². The van der Waals surface area contributed by atoms with Crippen LogP contribution < -0.4 is 10.5 Å². The van der Waals surface area contributed by atoms with Gasteiger partial charge in [-0.1, -0.05) is 0 Å². The lowest BCUT2D eigenvalue weighted by molar-refractivity contribution is 0.413. The Bertz CT molecular complexity index is 499. The van der Waals surface area contributed by atoms with Crippen LogP contribution in [0.1, 0.15) is 5.56 Å². The summed E-state index contributed by atoms with van der Waals surface area (Å²) in [6, 6.07) is 5.82. The minimum Gasteiger partial charge on any atom is -0.495 e. The summed E-state index contributed by atoms with van der Waals surface area (Å²) in [6.07, 6.45) is 1.76. The number of aromatic nitrogens is 1. The first kappa shape index (κ1) is 10.4. The Labute approximate surface area is 96.4 Å². The molecule has 0 bridgehead atoms. The molecule has 2 N–H and O–H groups in total. The topological polar surface area (TPSA) is 48.1 Å². The summed E-state index contributed by atoms with van der Waals surface area (Å²) in [5, 5.41) is 1.06. The monoisotopic (exact) mass is 266 g/mol. The van der Waals surface area contributed by atoms with Crippen molar-refractivity contribution in [2.45, 2.75) is 6.54 Å². The van der Waals surface area contributed by atoms with E-state index in [2.05, 4.69) is 20.9 Å². The van der Waals surface area contributed by atoms with E-state index in [1.165, 1.54) is 0 Å². The molecule has 0 aliphatic heterocycles. The molecule has 0 aliphatic carbocycles. The number of halogens is 1. The normalized spacial score (nSPS) is 10.6. The van der Waals surface area contributed by atoms with Crippen molar-refractivity contribution in [1.82, 2.24) is 4.98 Å². The summed E-state index contributed by atoms with van der Waals surface area (Å²) < 4.78 is 6.08. The Morgan fingerprint density at radius 2 is 2.20 bits per heavy atom. The molecule has 3 nitrogen and oxygen atoms in total. The van der Waals surface area contributed by atoms with E-state index in [-0.39, 0.29) is 0 Å². The highest BCUT2D eigenvalue weighted by molar-refractivity contribution is 9.10. The van der Waals surface area contributed by atoms with Gasteiger partial charge in [0.2, 0.25) is 0 Å². The van der Waals surface area contributed by atoms with Crippen molar-refractivity contribution in [2.24, 2.45) is 5.73 Å². The van der Waals surface area contributed by atoms with Crippen LogP contribution >= 0.6 is 15.9 Å². The second kappa shape index (κ2) is 4.16. The molecule has 0 atom stereocenters. The van der Waals surface area contributed by atoms with Gasteiger partial charge in [0, 0.05) is 18.1 Å². The minimum atomic E-state index is 0.512. The molecule has 0 spiro atoms. The van der Waals surface area contributed by atoms with Gasteiger partial charge in [-0.05, 0) is 39.7 Å². The maximum Gasteiger partial charge on any atom is 0.135 e. The molecule has 0 radical (unpaired) electrons. The lowest BCUT2D eigenvalue weighted by Gasteiger charge is -2.08. The van der Waals surface area contributed by atoms with Crippen LogP contribution in [0.2, 0.25) is 0 Å². The molecule has 2 rings (SSSR count). The van der Waals surface area contributed by atoms with E-state index in [4.69, 9.17) is 10.5 Å². The van der Waals surface area contributed by atoms with Gasteiger partial charge in [0.25, 0.3) is 0 Å². The smallest absolute Gasteiger partial charge is 0.135 e. The third-order valence-electron chi connectivity index (χ3n) is 2.35. The van der Waals surface area contributed by atoms with E-state index in [0.717, 1.165) is 26.7 Å². The Kier molecular flexibility index (Phi) is 2.88. The van der Waals surface area contributed by atoms with Gasteiger partial charge in [-0.3, -0.25) is 4.98 Å². The van der Waals surface area contributed by atoms with Crippen LogP contribution in [0, 0.1) is 0 Å². The standard InChI is InChI=1S/C11H11BrN2O/c1-15-9-3-2-8-7(6-13)4-5-14-11(8)10(9)12/h2-5H,6,13H2,1H3. The highest BCUT2D eigenvalue weighted by Crippen LogP contribution is 2.32. The molecular weight excluding hydrogens is 256 g/mol. The number of benzene rings is 1. The molecule has 0 saturated carbocycles. The largest absolute Gasteiger partial charge is 0.495 e. The van der Waals surface area contributed by atoms with Crippen LogP contribution in [0.15, 0.2) is 28.9 Å². The number of nitrogens with zero attached hydrogens (tertiary/aromatic N) is 1. The molecule has 2 aromatic rings. The van der Waals surface area contributed by atoms with E-state index < -0.39 is 0 Å². The summed E-state index contributed by atoms with van der Waals surface area (Å²) in [5.74, 6) is 0.782. The fourth-order valence-corrected chi connectivity index (χ4v) is 2.17. The lowest BCUT2D eigenvalue weighted by atomic mass is 10.1. The van der Waals surface area contributed by atoms with Crippen LogP contribution in [0.4, 0.5) is 0 Å². The van der Waals surface area contributed by atoms with Gasteiger partial charge in [0.05, 0.1) is 17.1 Å². The maximum atomic E-state index is 5.66. The Balaban J connectivity index is 2.78. The molecule has 1 aromatic heterocycles. The number of pyridine rings is 1. The average Bonchev–Trinajstić information content (AvgIpc) is 2.29. The number of hydrogen-bond acceptors (Lipinski definition) is 3. The van der Waals surface area contributed by atoms with Gasteiger partial charge in [-0.25, -0.2) is 0 Å². The zero-order valence-corrected chi connectivity index (χ0v) is 9.91. The van der Waals surface area contributed by atoms with Gasteiger partial charge in [-0.15, -0.1) is 0 Å². The number of ether oxygens (including phenoxy) is 1. The predicted molar refractivity (Wildman–Crippen MR) is 63.9 cm³/mol. The molecule has 0 fully saturated rings. The number of rotatable bonds is 2. The van der Waals surface area contributed by atoms with Crippen molar-refractivity contribution in [3.8, 4) is 5.75 Å². The highest BCUT2D eigenvalue weighted by atomic mass is 79.9. The molecule has 0 unspecified atom stereocenters. The van der Waals surface area contributed by atoms with Gasteiger partial charge in [0.1, 0.15) is 5.75 Å². The average molecular weight is 267 g/mol. The third-order valence-corrected chi connectivity index (χ3v) is 3.11. The van der Waals surface area contributed by atoms with Gasteiger partial charge >= 0.3 is 0 Å². The summed E-state index contributed by atoms with van der Waals surface area (Å²) in [5.41, 5.74) is 7.64. The van der Waals surface area contributed by atoms with Crippen molar-refractivity contribution < 1.29 is 4.74 Å². The van der Waals surface area contributed by atoms with Crippen molar-refractivity contribution in [2.75, 3.05) is 7.11 Å². The molecule has 1 heterocycles. The molecule has 78 valence electrons. The van der Waals surface area contributed by atoms with E-state index >= 15 is 0 Å². The van der Waals surface area contributed by atoms with Crippen LogP contribution in [0.25, 0.3) is 10.9 Å².